The molecule has 0 spiro atoms. The van der Waals surface area contributed by atoms with Gasteiger partial charge in [0.15, 0.2) is 0 Å². The summed E-state index contributed by atoms with van der Waals surface area (Å²) in [7, 11) is 0. The number of fused-ring (bicyclic) bond motifs is 2. The lowest BCUT2D eigenvalue weighted by Crippen LogP contribution is -2.01. The lowest BCUT2D eigenvalue weighted by molar-refractivity contribution is 1.09. The minimum absolute atomic E-state index is 1.04. The molecule has 0 fully saturated rings. The van der Waals surface area contributed by atoms with Crippen LogP contribution in [0.4, 0.5) is 0 Å². The Morgan fingerprint density at radius 1 is 0.405 bits per heavy atom. The van der Waals surface area contributed by atoms with Crippen LogP contribution in [-0.4, -0.2) is 9.13 Å². The van der Waals surface area contributed by atoms with Crippen molar-refractivity contribution in [1.29, 1.82) is 0 Å². The smallest absolute Gasteiger partial charge is 0.0541 e. The van der Waals surface area contributed by atoms with E-state index in [1.165, 1.54) is 44.3 Å². The SMILES string of the molecule is Brc1cc(-n2c(-c3ccccc3)cc3ccccc32)cc(-n2c(-c3ccccc3)cc3ccccc32)c1. The third kappa shape index (κ3) is 3.80. The number of hydrogen-bond donors (Lipinski definition) is 0. The summed E-state index contributed by atoms with van der Waals surface area (Å²) < 4.78 is 5.77. The first kappa shape index (κ1) is 21.9. The molecule has 37 heavy (non-hydrogen) atoms. The van der Waals surface area contributed by atoms with Crippen molar-refractivity contribution in [1.82, 2.24) is 9.13 Å². The summed E-state index contributed by atoms with van der Waals surface area (Å²) in [6, 6.07) is 49.7. The average Bonchev–Trinajstić information content (AvgIpc) is 3.53. The molecule has 0 amide bonds. The number of aromatic nitrogens is 2. The predicted molar refractivity (Wildman–Crippen MR) is 159 cm³/mol. The van der Waals surface area contributed by atoms with E-state index in [1.807, 2.05) is 0 Å². The van der Waals surface area contributed by atoms with Crippen LogP contribution in [0.15, 0.2) is 144 Å². The normalized spacial score (nSPS) is 11.4. The van der Waals surface area contributed by atoms with E-state index < -0.39 is 0 Å². The molecule has 0 saturated carbocycles. The van der Waals surface area contributed by atoms with E-state index in [1.54, 1.807) is 0 Å². The lowest BCUT2D eigenvalue weighted by atomic mass is 10.1. The van der Waals surface area contributed by atoms with Crippen molar-refractivity contribution in [3.8, 4) is 33.9 Å². The highest BCUT2D eigenvalue weighted by Crippen LogP contribution is 2.36. The molecule has 2 nitrogen and oxygen atoms in total. The molecule has 7 rings (SSSR count). The van der Waals surface area contributed by atoms with Gasteiger partial charge in [-0.2, -0.15) is 0 Å². The zero-order valence-electron chi connectivity index (χ0n) is 20.1. The fourth-order valence-electron chi connectivity index (χ4n) is 5.33. The second-order valence-corrected chi connectivity index (χ2v) is 10.2. The fraction of sp³-hybridized carbons (Fsp3) is 0. The summed E-state index contributed by atoms with van der Waals surface area (Å²) >= 11 is 3.85. The first-order chi connectivity index (χ1) is 18.3. The Bertz CT molecular complexity index is 1740. The third-order valence-corrected chi connectivity index (χ3v) is 7.40. The highest BCUT2D eigenvalue weighted by atomic mass is 79.9. The minimum Gasteiger partial charge on any atom is -0.309 e. The van der Waals surface area contributed by atoms with E-state index in [0.717, 1.165) is 15.8 Å². The number of para-hydroxylation sites is 2. The molecule has 5 aromatic carbocycles. The standard InChI is InChI=1S/C34H23BrN2/c35-28-21-29(36-31-17-9-7-15-26(31)19-33(36)24-11-3-1-4-12-24)23-30(22-28)37-32-18-10-8-16-27(32)20-34(37)25-13-5-2-6-14-25/h1-23H. The maximum Gasteiger partial charge on any atom is 0.0541 e. The number of rotatable bonds is 4. The van der Waals surface area contributed by atoms with E-state index in [0.29, 0.717) is 0 Å². The zero-order valence-corrected chi connectivity index (χ0v) is 21.6. The lowest BCUT2D eigenvalue weighted by Gasteiger charge is -2.17. The fourth-order valence-corrected chi connectivity index (χ4v) is 5.80. The topological polar surface area (TPSA) is 9.86 Å². The second kappa shape index (κ2) is 8.95. The summed E-state index contributed by atoms with van der Waals surface area (Å²) in [5.74, 6) is 0. The predicted octanol–water partition coefficient (Wildman–Crippen LogP) is 9.67. The largest absolute Gasteiger partial charge is 0.309 e. The Morgan fingerprint density at radius 3 is 1.27 bits per heavy atom. The van der Waals surface area contributed by atoms with Crippen molar-refractivity contribution in [3.63, 3.8) is 0 Å². The molecule has 7 aromatic rings. The van der Waals surface area contributed by atoms with Gasteiger partial charge in [-0.05, 0) is 53.6 Å². The van der Waals surface area contributed by atoms with Crippen LogP contribution in [0.1, 0.15) is 0 Å². The number of benzene rings is 5. The molecule has 176 valence electrons. The molecule has 0 atom stereocenters. The Labute approximate surface area is 224 Å². The summed E-state index contributed by atoms with van der Waals surface area (Å²) in [5, 5.41) is 2.44. The van der Waals surface area contributed by atoms with Crippen LogP contribution in [0.5, 0.6) is 0 Å². The van der Waals surface area contributed by atoms with Crippen LogP contribution in [-0.2, 0) is 0 Å². The molecule has 0 radical (unpaired) electrons. The van der Waals surface area contributed by atoms with Crippen LogP contribution in [0.2, 0.25) is 0 Å². The molecule has 2 aromatic heterocycles. The van der Waals surface area contributed by atoms with Gasteiger partial charge in [-0.1, -0.05) is 113 Å². The van der Waals surface area contributed by atoms with Crippen molar-refractivity contribution in [2.24, 2.45) is 0 Å². The maximum atomic E-state index is 3.85. The Hall–Kier alpha value is -4.34. The zero-order chi connectivity index (χ0) is 24.8. The monoisotopic (exact) mass is 538 g/mol. The first-order valence-corrected chi connectivity index (χ1v) is 13.2. The molecule has 0 saturated heterocycles. The van der Waals surface area contributed by atoms with Crippen LogP contribution in [0, 0.1) is 0 Å². The number of nitrogens with zero attached hydrogens (tertiary/aromatic N) is 2. The van der Waals surface area contributed by atoms with Gasteiger partial charge in [-0.25, -0.2) is 0 Å². The molecule has 0 aliphatic carbocycles. The van der Waals surface area contributed by atoms with Crippen LogP contribution in [0.25, 0.3) is 55.7 Å². The molecule has 0 N–H and O–H groups in total. The molecule has 2 heterocycles. The van der Waals surface area contributed by atoms with Crippen molar-refractivity contribution in [3.05, 3.63) is 144 Å². The summed E-state index contributed by atoms with van der Waals surface area (Å²) in [6.07, 6.45) is 0. The highest BCUT2D eigenvalue weighted by molar-refractivity contribution is 9.10. The van der Waals surface area contributed by atoms with Gasteiger partial charge < -0.3 is 9.13 Å². The molecular formula is C34H23BrN2. The highest BCUT2D eigenvalue weighted by Gasteiger charge is 2.17. The third-order valence-electron chi connectivity index (χ3n) is 6.94. The Balaban J connectivity index is 1.52. The van der Waals surface area contributed by atoms with Crippen LogP contribution < -0.4 is 0 Å². The van der Waals surface area contributed by atoms with Crippen molar-refractivity contribution >= 4 is 37.7 Å². The molecular weight excluding hydrogens is 516 g/mol. The van der Waals surface area contributed by atoms with E-state index in [2.05, 4.69) is 165 Å². The van der Waals surface area contributed by atoms with Crippen LogP contribution in [0.3, 0.4) is 0 Å². The van der Waals surface area contributed by atoms with E-state index >= 15 is 0 Å². The number of halogens is 1. The van der Waals surface area contributed by atoms with Gasteiger partial charge in [0.25, 0.3) is 0 Å². The van der Waals surface area contributed by atoms with Gasteiger partial charge in [0.05, 0.1) is 22.4 Å². The van der Waals surface area contributed by atoms with Gasteiger partial charge in [0.1, 0.15) is 0 Å². The number of hydrogen-bond acceptors (Lipinski definition) is 0. The Kier molecular flexibility index (Phi) is 5.30. The summed E-state index contributed by atoms with van der Waals surface area (Å²) in [6.45, 7) is 0. The van der Waals surface area contributed by atoms with Gasteiger partial charge in [0.2, 0.25) is 0 Å². The van der Waals surface area contributed by atoms with E-state index in [-0.39, 0.29) is 0 Å². The van der Waals surface area contributed by atoms with Gasteiger partial charge in [-0.3, -0.25) is 0 Å². The minimum atomic E-state index is 1.04. The summed E-state index contributed by atoms with van der Waals surface area (Å²) in [4.78, 5) is 0. The van der Waals surface area contributed by atoms with Crippen molar-refractivity contribution in [2.75, 3.05) is 0 Å². The second-order valence-electron chi connectivity index (χ2n) is 9.25. The van der Waals surface area contributed by atoms with Crippen LogP contribution >= 0.6 is 15.9 Å². The summed E-state index contributed by atoms with van der Waals surface area (Å²) in [5.41, 5.74) is 9.32. The maximum absolute atomic E-state index is 3.85. The Morgan fingerprint density at radius 2 is 0.811 bits per heavy atom. The average molecular weight is 539 g/mol. The van der Waals surface area contributed by atoms with Crippen molar-refractivity contribution in [2.45, 2.75) is 0 Å². The van der Waals surface area contributed by atoms with Gasteiger partial charge >= 0.3 is 0 Å². The van der Waals surface area contributed by atoms with E-state index in [4.69, 9.17) is 0 Å². The van der Waals surface area contributed by atoms with Crippen molar-refractivity contribution < 1.29 is 0 Å². The van der Waals surface area contributed by atoms with E-state index in [9.17, 15) is 0 Å². The molecule has 0 aliphatic heterocycles. The molecule has 0 aliphatic rings. The van der Waals surface area contributed by atoms with Gasteiger partial charge in [-0.15, -0.1) is 0 Å². The molecule has 3 heteroatoms. The molecule has 0 bridgehead atoms. The van der Waals surface area contributed by atoms with Gasteiger partial charge in [0, 0.05) is 26.6 Å². The molecule has 0 unspecified atom stereocenters. The quantitative estimate of drug-likeness (QED) is 0.211. The first-order valence-electron chi connectivity index (χ1n) is 12.4.